The van der Waals surface area contributed by atoms with Gasteiger partial charge in [0, 0.05) is 64.6 Å². The monoisotopic (exact) mass is 846 g/mol. The van der Waals surface area contributed by atoms with Crippen LogP contribution in [0.1, 0.15) is 63.5 Å². The summed E-state index contributed by atoms with van der Waals surface area (Å²) in [5, 5.41) is 28.8. The second-order valence-corrected chi connectivity index (χ2v) is 15.3. The summed E-state index contributed by atoms with van der Waals surface area (Å²) in [4.78, 5) is 26.8. The van der Waals surface area contributed by atoms with E-state index < -0.39 is 24.1 Å². The molecular weight excluding hydrogens is 785 g/mol. The predicted octanol–water partition coefficient (Wildman–Crippen LogP) is 5.35. The molecular formula is C48H62MgN4O8. The smallest absolute Gasteiger partial charge is 0.547 e. The fourth-order valence-corrected chi connectivity index (χ4v) is 7.60. The van der Waals surface area contributed by atoms with Crippen LogP contribution in [0.2, 0.25) is 0 Å². The Morgan fingerprint density at radius 1 is 0.639 bits per heavy atom. The fourth-order valence-electron chi connectivity index (χ4n) is 7.60. The molecule has 2 N–H and O–H groups in total. The molecule has 2 heterocycles. The number of ether oxygens (including phenoxy) is 4. The number of rotatable bonds is 22. The van der Waals surface area contributed by atoms with Crippen LogP contribution < -0.4 is 40.1 Å². The number of carboxylic acid groups (broad SMARTS) is 2. The summed E-state index contributed by atoms with van der Waals surface area (Å²) < 4.78 is 22.1. The average Bonchev–Trinajstić information content (AvgIpc) is 3.26. The van der Waals surface area contributed by atoms with Gasteiger partial charge in [-0.05, 0) is 85.3 Å². The normalized spacial score (nSPS) is 16.2. The van der Waals surface area contributed by atoms with Crippen molar-refractivity contribution in [3.05, 3.63) is 108 Å². The maximum atomic E-state index is 11.0. The van der Waals surface area contributed by atoms with Crippen molar-refractivity contribution in [2.24, 2.45) is 0 Å². The summed E-state index contributed by atoms with van der Waals surface area (Å²) in [6.07, 6.45) is 5.64. The van der Waals surface area contributed by atoms with E-state index in [9.17, 15) is 19.8 Å². The van der Waals surface area contributed by atoms with Gasteiger partial charge in [-0.3, -0.25) is 0 Å². The van der Waals surface area contributed by atoms with Gasteiger partial charge in [0.2, 0.25) is 0 Å². The predicted molar refractivity (Wildman–Crippen MR) is 240 cm³/mol. The van der Waals surface area contributed by atoms with Crippen LogP contribution in [-0.2, 0) is 31.9 Å². The van der Waals surface area contributed by atoms with Crippen molar-refractivity contribution >= 4 is 57.7 Å². The minimum atomic E-state index is -1.19. The van der Waals surface area contributed by atoms with Crippen molar-refractivity contribution in [3.8, 4) is 11.5 Å². The molecule has 0 radical (unpaired) electrons. The topological polar surface area (TPSA) is 148 Å². The molecule has 2 aliphatic heterocycles. The van der Waals surface area contributed by atoms with Crippen molar-refractivity contribution < 1.29 is 38.7 Å². The first-order valence-corrected chi connectivity index (χ1v) is 21.3. The summed E-state index contributed by atoms with van der Waals surface area (Å²) in [5.74, 6) is -0.413. The number of anilines is 4. The molecule has 0 aliphatic carbocycles. The van der Waals surface area contributed by atoms with Crippen LogP contribution in [0.3, 0.4) is 0 Å². The van der Waals surface area contributed by atoms with Crippen LogP contribution >= 0.6 is 0 Å². The number of hydrogen-bond acceptors (Lipinski definition) is 12. The van der Waals surface area contributed by atoms with Gasteiger partial charge in [0.15, 0.2) is 0 Å². The first-order valence-electron chi connectivity index (χ1n) is 21.3. The van der Waals surface area contributed by atoms with Gasteiger partial charge in [-0.1, -0.05) is 75.2 Å². The number of nitrogens with zero attached hydrogens (tertiary/aromatic N) is 2. The summed E-state index contributed by atoms with van der Waals surface area (Å²) in [6, 6.07) is 32.1. The number of carbonyl (C=O) groups is 2. The Balaban J connectivity index is 0.000000264. The van der Waals surface area contributed by atoms with Crippen LogP contribution in [0.25, 0.3) is 0 Å². The Kier molecular flexibility index (Phi) is 20.8. The summed E-state index contributed by atoms with van der Waals surface area (Å²) >= 11 is 0. The number of carbonyl (C=O) groups excluding carboxylic acids is 2. The number of carboxylic acids is 2. The van der Waals surface area contributed by atoms with Crippen LogP contribution in [0.5, 0.6) is 11.5 Å². The third-order valence-electron chi connectivity index (χ3n) is 10.8. The number of aliphatic carboxylic acids is 2. The van der Waals surface area contributed by atoms with E-state index in [1.807, 2.05) is 60.7 Å². The molecule has 0 bridgehead atoms. The summed E-state index contributed by atoms with van der Waals surface area (Å²) in [7, 11) is 2.77. The molecule has 4 aromatic rings. The zero-order valence-electron chi connectivity index (χ0n) is 36.3. The summed E-state index contributed by atoms with van der Waals surface area (Å²) in [5.41, 5.74) is 6.21. The Morgan fingerprint density at radius 3 is 1.36 bits per heavy atom. The molecule has 2 unspecified atom stereocenters. The van der Waals surface area contributed by atoms with E-state index in [1.165, 1.54) is 25.6 Å². The molecule has 0 fully saturated rings. The van der Waals surface area contributed by atoms with Crippen molar-refractivity contribution in [2.45, 2.75) is 89.6 Å². The zero-order chi connectivity index (χ0) is 42.7. The molecule has 2 aliphatic rings. The van der Waals surface area contributed by atoms with E-state index in [2.05, 4.69) is 70.7 Å². The number of hydrogen-bond donors (Lipinski definition) is 2. The number of methoxy groups -OCH3 is 2. The second kappa shape index (κ2) is 25.9. The Labute approximate surface area is 378 Å². The molecule has 6 rings (SSSR count). The van der Waals surface area contributed by atoms with E-state index in [1.54, 1.807) is 0 Å². The van der Waals surface area contributed by atoms with E-state index in [0.29, 0.717) is 12.8 Å². The first kappa shape index (κ1) is 49.0. The van der Waals surface area contributed by atoms with Gasteiger partial charge < -0.3 is 59.2 Å². The van der Waals surface area contributed by atoms with Crippen LogP contribution in [0, 0.1) is 0 Å². The van der Waals surface area contributed by atoms with Crippen molar-refractivity contribution in [1.29, 1.82) is 0 Å². The van der Waals surface area contributed by atoms with Crippen LogP contribution in [-0.4, -0.2) is 113 Å². The molecule has 0 saturated heterocycles. The molecule has 13 heteroatoms. The molecule has 4 aromatic carbocycles. The van der Waals surface area contributed by atoms with E-state index >= 15 is 0 Å². The van der Waals surface area contributed by atoms with Gasteiger partial charge in [0.25, 0.3) is 0 Å². The third kappa shape index (κ3) is 15.3. The van der Waals surface area contributed by atoms with Crippen molar-refractivity contribution in [3.63, 3.8) is 0 Å². The third-order valence-corrected chi connectivity index (χ3v) is 10.8. The minimum Gasteiger partial charge on any atom is -0.547 e. The minimum absolute atomic E-state index is 0. The SMILES string of the molecule is CCCC1CN(CCCNc2ccc(C[C@H](OC)C(=O)[O-])cc2)c2ccccc2O1.CCCC1CN(CCCNc2ccc(C[C@H](OC)C(=O)[O-])cc2)c2ccccc2O1.[Mg+2]. The van der Waals surface area contributed by atoms with Crippen LogP contribution in [0.4, 0.5) is 22.7 Å². The largest absolute Gasteiger partial charge is 2.00 e. The Hall–Kier alpha value is -4.69. The van der Waals surface area contributed by atoms with Crippen molar-refractivity contribution in [1.82, 2.24) is 0 Å². The van der Waals surface area contributed by atoms with Gasteiger partial charge in [0.05, 0.1) is 36.4 Å². The van der Waals surface area contributed by atoms with Crippen LogP contribution in [0.15, 0.2) is 97.1 Å². The van der Waals surface area contributed by atoms with Gasteiger partial charge in [-0.25, -0.2) is 0 Å². The number of fused-ring (bicyclic) bond motifs is 2. The van der Waals surface area contributed by atoms with Gasteiger partial charge in [-0.15, -0.1) is 0 Å². The standard InChI is InChI=1S/2C24H32N2O4.Mg/c2*1-3-7-20-17-26(21-8-4-5-9-22(21)30-20)15-6-14-25-19-12-10-18(11-13-19)16-23(29-2)24(27)28;/h2*4-5,8-13,20,23,25H,3,6-7,14-17H2,1-2H3,(H,27,28);/q;;+2/p-2/t2*20?,23-;/m00./s1. The summed E-state index contributed by atoms with van der Waals surface area (Å²) in [6.45, 7) is 9.89. The molecule has 0 amide bonds. The van der Waals surface area contributed by atoms with E-state index in [4.69, 9.17) is 18.9 Å². The maximum Gasteiger partial charge on any atom is 2.00 e. The van der Waals surface area contributed by atoms with Crippen molar-refractivity contribution in [2.75, 3.05) is 73.9 Å². The molecule has 0 saturated carbocycles. The quantitative estimate of drug-likeness (QED) is 0.0777. The first-order chi connectivity index (χ1) is 29.2. The Morgan fingerprint density at radius 2 is 1.02 bits per heavy atom. The average molecular weight is 847 g/mol. The number of nitrogens with one attached hydrogen (secondary N) is 2. The molecule has 0 aromatic heterocycles. The van der Waals surface area contributed by atoms with E-state index in [0.717, 1.165) is 112 Å². The fraction of sp³-hybridized carbons (Fsp3) is 0.458. The zero-order valence-corrected chi connectivity index (χ0v) is 37.7. The number of benzene rings is 4. The van der Waals surface area contributed by atoms with Gasteiger partial charge in [-0.2, -0.15) is 0 Å². The number of para-hydroxylation sites is 4. The van der Waals surface area contributed by atoms with E-state index in [-0.39, 0.29) is 35.3 Å². The molecule has 61 heavy (non-hydrogen) atoms. The maximum absolute atomic E-state index is 11.0. The van der Waals surface area contributed by atoms with Gasteiger partial charge >= 0.3 is 23.1 Å². The molecule has 0 spiro atoms. The molecule has 4 atom stereocenters. The molecule has 324 valence electrons. The Bertz CT molecular complexity index is 1760. The molecule has 12 nitrogen and oxygen atoms in total. The second-order valence-electron chi connectivity index (χ2n) is 15.3. The van der Waals surface area contributed by atoms with Gasteiger partial charge in [0.1, 0.15) is 35.9 Å².